The molecule has 0 saturated carbocycles. The molecule has 0 fully saturated rings. The van der Waals surface area contributed by atoms with Crippen LogP contribution in [-0.4, -0.2) is 14.2 Å². The lowest BCUT2D eigenvalue weighted by Gasteiger charge is -2.11. The molecular formula is C11H17BrN2O2S. The van der Waals surface area contributed by atoms with Crippen molar-refractivity contribution in [3.05, 3.63) is 22.2 Å². The van der Waals surface area contributed by atoms with Gasteiger partial charge in [-0.1, -0.05) is 13.3 Å². The van der Waals surface area contributed by atoms with Crippen molar-refractivity contribution in [1.82, 2.24) is 0 Å². The summed E-state index contributed by atoms with van der Waals surface area (Å²) in [5.74, 6) is 0.129. The van der Waals surface area contributed by atoms with Gasteiger partial charge in [-0.05, 0) is 47.0 Å². The molecule has 0 aliphatic heterocycles. The lowest BCUT2D eigenvalue weighted by Crippen LogP contribution is -2.17. The number of benzene rings is 1. The van der Waals surface area contributed by atoms with Gasteiger partial charge in [-0.3, -0.25) is 4.72 Å². The maximum absolute atomic E-state index is 11.7. The summed E-state index contributed by atoms with van der Waals surface area (Å²) in [6.45, 7) is 3.82. The van der Waals surface area contributed by atoms with Crippen LogP contribution in [0.3, 0.4) is 0 Å². The van der Waals surface area contributed by atoms with E-state index in [1.165, 1.54) is 0 Å². The van der Waals surface area contributed by atoms with Crippen molar-refractivity contribution in [3.8, 4) is 0 Å². The van der Waals surface area contributed by atoms with E-state index in [0.29, 0.717) is 22.3 Å². The van der Waals surface area contributed by atoms with Gasteiger partial charge in [0.2, 0.25) is 10.0 Å². The van der Waals surface area contributed by atoms with Crippen molar-refractivity contribution in [2.75, 3.05) is 16.2 Å². The number of anilines is 2. The van der Waals surface area contributed by atoms with Gasteiger partial charge < -0.3 is 5.73 Å². The smallest absolute Gasteiger partial charge is 0.232 e. The topological polar surface area (TPSA) is 72.2 Å². The third kappa shape index (κ3) is 4.20. The first-order valence-corrected chi connectivity index (χ1v) is 7.86. The highest BCUT2D eigenvalue weighted by atomic mass is 79.9. The van der Waals surface area contributed by atoms with E-state index in [2.05, 4.69) is 20.7 Å². The van der Waals surface area contributed by atoms with E-state index < -0.39 is 10.0 Å². The number of nitrogens with one attached hydrogen (secondary N) is 1. The van der Waals surface area contributed by atoms with Gasteiger partial charge in [-0.15, -0.1) is 0 Å². The summed E-state index contributed by atoms with van der Waals surface area (Å²) in [6, 6.07) is 3.43. The first-order valence-electron chi connectivity index (χ1n) is 5.42. The molecule has 0 aromatic heterocycles. The first kappa shape index (κ1) is 14.3. The summed E-state index contributed by atoms with van der Waals surface area (Å²) in [7, 11) is -3.28. The molecule has 0 atom stereocenters. The second-order valence-corrected chi connectivity index (χ2v) is 6.66. The van der Waals surface area contributed by atoms with Gasteiger partial charge in [-0.25, -0.2) is 8.42 Å². The predicted molar refractivity (Wildman–Crippen MR) is 75.6 cm³/mol. The van der Waals surface area contributed by atoms with Crippen molar-refractivity contribution in [1.29, 1.82) is 0 Å². The van der Waals surface area contributed by atoms with Crippen molar-refractivity contribution in [3.63, 3.8) is 0 Å². The zero-order valence-corrected chi connectivity index (χ0v) is 12.4. The van der Waals surface area contributed by atoms with Crippen LogP contribution in [0, 0.1) is 6.92 Å². The number of nitrogens with two attached hydrogens (primary N) is 1. The SMILES string of the molecule is CCCCS(=O)(=O)Nc1cc(N)c(C)cc1Br. The molecule has 0 aliphatic carbocycles. The summed E-state index contributed by atoms with van der Waals surface area (Å²) in [4.78, 5) is 0. The largest absolute Gasteiger partial charge is 0.398 e. The van der Waals surface area contributed by atoms with Gasteiger partial charge >= 0.3 is 0 Å². The molecule has 6 heteroatoms. The van der Waals surface area contributed by atoms with Crippen LogP contribution >= 0.6 is 15.9 Å². The highest BCUT2D eigenvalue weighted by molar-refractivity contribution is 9.10. The summed E-state index contributed by atoms with van der Waals surface area (Å²) < 4.78 is 26.7. The van der Waals surface area contributed by atoms with Crippen LogP contribution < -0.4 is 10.5 Å². The Hall–Kier alpha value is -0.750. The van der Waals surface area contributed by atoms with Gasteiger partial charge in [0, 0.05) is 10.2 Å². The summed E-state index contributed by atoms with van der Waals surface area (Å²) in [6.07, 6.45) is 1.49. The second-order valence-electron chi connectivity index (χ2n) is 3.96. The molecule has 0 unspecified atom stereocenters. The van der Waals surface area contributed by atoms with Crippen molar-refractivity contribution in [2.24, 2.45) is 0 Å². The van der Waals surface area contributed by atoms with Gasteiger partial charge in [-0.2, -0.15) is 0 Å². The van der Waals surface area contributed by atoms with Crippen LogP contribution in [0.4, 0.5) is 11.4 Å². The molecule has 0 saturated heterocycles. The van der Waals surface area contributed by atoms with Crippen molar-refractivity contribution in [2.45, 2.75) is 26.7 Å². The Labute approximate surface area is 111 Å². The Morgan fingerprint density at radius 1 is 1.41 bits per heavy atom. The fourth-order valence-corrected chi connectivity index (χ4v) is 3.28. The number of hydrogen-bond acceptors (Lipinski definition) is 3. The summed E-state index contributed by atoms with van der Waals surface area (Å²) >= 11 is 3.32. The van der Waals surface area contributed by atoms with Gasteiger partial charge in [0.15, 0.2) is 0 Å². The summed E-state index contributed by atoms with van der Waals surface area (Å²) in [5.41, 5.74) is 7.72. The van der Waals surface area contributed by atoms with Crippen molar-refractivity contribution >= 4 is 37.3 Å². The van der Waals surface area contributed by atoms with Gasteiger partial charge in [0.1, 0.15) is 0 Å². The van der Waals surface area contributed by atoms with Crippen LogP contribution in [0.1, 0.15) is 25.3 Å². The Morgan fingerprint density at radius 3 is 2.65 bits per heavy atom. The van der Waals surface area contributed by atoms with Gasteiger partial charge in [0.05, 0.1) is 11.4 Å². The third-order valence-electron chi connectivity index (χ3n) is 2.39. The first-order chi connectivity index (χ1) is 7.85. The predicted octanol–water partition coefficient (Wildman–Crippen LogP) is 2.88. The molecule has 3 N–H and O–H groups in total. The molecule has 0 aliphatic rings. The molecular weight excluding hydrogens is 304 g/mol. The summed E-state index contributed by atoms with van der Waals surface area (Å²) in [5, 5.41) is 0. The standard InChI is InChI=1S/C11H17BrN2O2S/c1-3-4-5-17(15,16)14-11-7-10(13)8(2)6-9(11)12/h6-7,14H,3-5,13H2,1-2H3. The third-order valence-corrected chi connectivity index (χ3v) is 4.40. The fraction of sp³-hybridized carbons (Fsp3) is 0.455. The molecule has 4 nitrogen and oxygen atoms in total. The Balaban J connectivity index is 2.92. The van der Waals surface area contributed by atoms with E-state index in [-0.39, 0.29) is 5.75 Å². The maximum atomic E-state index is 11.7. The number of unbranched alkanes of at least 4 members (excludes halogenated alkanes) is 1. The van der Waals surface area contributed by atoms with E-state index in [9.17, 15) is 8.42 Å². The number of nitrogen functional groups attached to an aromatic ring is 1. The second kappa shape index (κ2) is 5.73. The number of aryl methyl sites for hydroxylation is 1. The molecule has 0 heterocycles. The Bertz CT molecular complexity index is 500. The van der Waals surface area contributed by atoms with E-state index in [0.717, 1.165) is 12.0 Å². The highest BCUT2D eigenvalue weighted by Crippen LogP contribution is 2.28. The number of sulfonamides is 1. The highest BCUT2D eigenvalue weighted by Gasteiger charge is 2.12. The monoisotopic (exact) mass is 320 g/mol. The molecule has 0 bridgehead atoms. The lowest BCUT2D eigenvalue weighted by atomic mass is 10.2. The van der Waals surface area contributed by atoms with E-state index in [4.69, 9.17) is 5.73 Å². The van der Waals surface area contributed by atoms with Crippen LogP contribution in [0.2, 0.25) is 0 Å². The maximum Gasteiger partial charge on any atom is 0.232 e. The van der Waals surface area contributed by atoms with Crippen LogP contribution in [0.5, 0.6) is 0 Å². The van der Waals surface area contributed by atoms with E-state index >= 15 is 0 Å². The molecule has 1 rings (SSSR count). The minimum atomic E-state index is -3.28. The van der Waals surface area contributed by atoms with Crippen LogP contribution in [0.25, 0.3) is 0 Å². The molecule has 96 valence electrons. The average Bonchev–Trinajstić information content (AvgIpc) is 2.23. The molecule has 0 amide bonds. The quantitative estimate of drug-likeness (QED) is 0.819. The van der Waals surface area contributed by atoms with E-state index in [1.54, 1.807) is 12.1 Å². The molecule has 0 radical (unpaired) electrons. The number of hydrogen-bond donors (Lipinski definition) is 2. The minimum absolute atomic E-state index is 0.129. The molecule has 0 spiro atoms. The lowest BCUT2D eigenvalue weighted by molar-refractivity contribution is 0.598. The Morgan fingerprint density at radius 2 is 2.06 bits per heavy atom. The molecule has 1 aromatic rings. The number of rotatable bonds is 5. The van der Waals surface area contributed by atoms with Crippen LogP contribution in [0.15, 0.2) is 16.6 Å². The average molecular weight is 321 g/mol. The fourth-order valence-electron chi connectivity index (χ4n) is 1.32. The normalized spacial score (nSPS) is 11.5. The van der Waals surface area contributed by atoms with Crippen molar-refractivity contribution < 1.29 is 8.42 Å². The zero-order chi connectivity index (χ0) is 13.1. The molecule has 17 heavy (non-hydrogen) atoms. The minimum Gasteiger partial charge on any atom is -0.398 e. The zero-order valence-electron chi connectivity index (χ0n) is 9.96. The Kier molecular flexibility index (Phi) is 4.82. The van der Waals surface area contributed by atoms with E-state index in [1.807, 2.05) is 13.8 Å². The molecule has 1 aromatic carbocycles. The number of halogens is 1. The van der Waals surface area contributed by atoms with Gasteiger partial charge in [0.25, 0.3) is 0 Å². The van der Waals surface area contributed by atoms with Crippen LogP contribution in [-0.2, 0) is 10.0 Å².